The third-order valence-electron chi connectivity index (χ3n) is 1.69. The van der Waals surface area contributed by atoms with E-state index in [1.807, 2.05) is 31.2 Å². The zero-order chi connectivity index (χ0) is 9.52. The Morgan fingerprint density at radius 2 is 2.31 bits per heavy atom. The van der Waals surface area contributed by atoms with Crippen LogP contribution >= 0.6 is 0 Å². The number of hydrogen-bond acceptors (Lipinski definition) is 2. The fourth-order valence-electron chi connectivity index (χ4n) is 1.02. The Kier molecular flexibility index (Phi) is 4.03. The molecular formula is C11H14O2. The van der Waals surface area contributed by atoms with Gasteiger partial charge in [-0.3, -0.25) is 0 Å². The predicted octanol–water partition coefficient (Wildman–Crippen LogP) is 2.38. The van der Waals surface area contributed by atoms with E-state index in [4.69, 9.17) is 4.74 Å². The van der Waals surface area contributed by atoms with Crippen molar-refractivity contribution in [3.63, 3.8) is 0 Å². The Balaban J connectivity index is 2.50. The minimum atomic E-state index is -0.196. The van der Waals surface area contributed by atoms with Crippen molar-refractivity contribution >= 4 is 5.97 Å². The Bertz CT molecular complexity index is 259. The standard InChI is InChI=1S/C11H14O2/c1-2-9-13-11(12)10-7-5-3-4-6-8-10/h3-7H,2,8-9H2,1H3. The monoisotopic (exact) mass is 178 g/mol. The van der Waals surface area contributed by atoms with Crippen LogP contribution in [0.1, 0.15) is 19.8 Å². The van der Waals surface area contributed by atoms with Crippen LogP contribution in [0.4, 0.5) is 0 Å². The molecule has 0 unspecified atom stereocenters. The van der Waals surface area contributed by atoms with E-state index in [0.29, 0.717) is 13.0 Å². The van der Waals surface area contributed by atoms with Crippen molar-refractivity contribution in [3.05, 3.63) is 36.0 Å². The first-order valence-electron chi connectivity index (χ1n) is 4.54. The molecule has 13 heavy (non-hydrogen) atoms. The highest BCUT2D eigenvalue weighted by Gasteiger charge is 2.08. The Morgan fingerprint density at radius 1 is 1.46 bits per heavy atom. The van der Waals surface area contributed by atoms with Crippen molar-refractivity contribution in [3.8, 4) is 0 Å². The lowest BCUT2D eigenvalue weighted by molar-refractivity contribution is -0.139. The van der Waals surface area contributed by atoms with Crippen LogP contribution in [0.3, 0.4) is 0 Å². The summed E-state index contributed by atoms with van der Waals surface area (Å²) in [5.74, 6) is -0.196. The summed E-state index contributed by atoms with van der Waals surface area (Å²) in [4.78, 5) is 11.4. The SMILES string of the molecule is CCCOC(=O)C1=CC=CC=CC1. The third-order valence-corrected chi connectivity index (χ3v) is 1.69. The molecule has 2 nitrogen and oxygen atoms in total. The largest absolute Gasteiger partial charge is 0.462 e. The molecule has 0 N–H and O–H groups in total. The van der Waals surface area contributed by atoms with Crippen LogP contribution in [0.25, 0.3) is 0 Å². The molecule has 1 aliphatic rings. The molecule has 2 heteroatoms. The molecule has 0 fully saturated rings. The summed E-state index contributed by atoms with van der Waals surface area (Å²) in [5.41, 5.74) is 0.721. The molecule has 0 saturated heterocycles. The van der Waals surface area contributed by atoms with E-state index in [1.165, 1.54) is 0 Å². The van der Waals surface area contributed by atoms with E-state index in [9.17, 15) is 4.79 Å². The normalized spacial score (nSPS) is 15.0. The molecule has 0 atom stereocenters. The lowest BCUT2D eigenvalue weighted by Crippen LogP contribution is -2.07. The molecule has 0 heterocycles. The average Bonchev–Trinajstić information content (AvgIpc) is 2.42. The second-order valence-corrected chi connectivity index (χ2v) is 2.85. The van der Waals surface area contributed by atoms with Crippen molar-refractivity contribution in [2.24, 2.45) is 0 Å². The van der Waals surface area contributed by atoms with Crippen molar-refractivity contribution in [1.82, 2.24) is 0 Å². The average molecular weight is 178 g/mol. The predicted molar refractivity (Wildman–Crippen MR) is 52.2 cm³/mol. The summed E-state index contributed by atoms with van der Waals surface area (Å²) >= 11 is 0. The Labute approximate surface area is 78.6 Å². The van der Waals surface area contributed by atoms with E-state index in [1.54, 1.807) is 6.08 Å². The molecule has 0 aromatic carbocycles. The molecule has 0 radical (unpaired) electrons. The van der Waals surface area contributed by atoms with Gasteiger partial charge in [-0.05, 0) is 12.8 Å². The number of carbonyl (C=O) groups excluding carboxylic acids is 1. The van der Waals surface area contributed by atoms with Gasteiger partial charge in [0.05, 0.1) is 6.61 Å². The quantitative estimate of drug-likeness (QED) is 0.620. The molecule has 0 spiro atoms. The fraction of sp³-hybridized carbons (Fsp3) is 0.364. The molecule has 1 aliphatic carbocycles. The minimum Gasteiger partial charge on any atom is -0.462 e. The second kappa shape index (κ2) is 5.36. The molecule has 0 bridgehead atoms. The van der Waals surface area contributed by atoms with Crippen molar-refractivity contribution in [2.75, 3.05) is 6.61 Å². The van der Waals surface area contributed by atoms with E-state index in [2.05, 4.69) is 0 Å². The molecule has 0 aromatic rings. The first-order valence-corrected chi connectivity index (χ1v) is 4.54. The van der Waals surface area contributed by atoms with E-state index >= 15 is 0 Å². The zero-order valence-electron chi connectivity index (χ0n) is 7.82. The van der Waals surface area contributed by atoms with Crippen LogP contribution in [-0.4, -0.2) is 12.6 Å². The summed E-state index contributed by atoms with van der Waals surface area (Å²) in [6, 6.07) is 0. The first kappa shape index (κ1) is 9.78. The van der Waals surface area contributed by atoms with E-state index in [0.717, 1.165) is 12.0 Å². The van der Waals surface area contributed by atoms with Gasteiger partial charge in [-0.15, -0.1) is 0 Å². The van der Waals surface area contributed by atoms with Crippen LogP contribution in [0.5, 0.6) is 0 Å². The highest BCUT2D eigenvalue weighted by molar-refractivity contribution is 5.89. The van der Waals surface area contributed by atoms with Gasteiger partial charge in [0, 0.05) is 5.57 Å². The number of hydrogen-bond donors (Lipinski definition) is 0. The molecule has 70 valence electrons. The summed E-state index contributed by atoms with van der Waals surface area (Å²) in [5, 5.41) is 0. The maximum atomic E-state index is 11.4. The molecule has 0 aliphatic heterocycles. The van der Waals surface area contributed by atoms with E-state index in [-0.39, 0.29) is 5.97 Å². The maximum Gasteiger partial charge on any atom is 0.334 e. The van der Waals surface area contributed by atoms with Gasteiger partial charge >= 0.3 is 5.97 Å². The van der Waals surface area contributed by atoms with Gasteiger partial charge in [-0.1, -0.05) is 37.3 Å². The number of rotatable bonds is 3. The number of carbonyl (C=O) groups is 1. The Morgan fingerprint density at radius 3 is 3.08 bits per heavy atom. The van der Waals surface area contributed by atoms with Crippen molar-refractivity contribution in [2.45, 2.75) is 19.8 Å². The summed E-state index contributed by atoms with van der Waals surface area (Å²) < 4.78 is 5.01. The summed E-state index contributed by atoms with van der Waals surface area (Å²) in [6.45, 7) is 2.48. The van der Waals surface area contributed by atoms with Crippen molar-refractivity contribution < 1.29 is 9.53 Å². The molecule has 0 saturated carbocycles. The number of allylic oxidation sites excluding steroid dienone is 5. The van der Waals surface area contributed by atoms with Gasteiger partial charge in [-0.2, -0.15) is 0 Å². The highest BCUT2D eigenvalue weighted by atomic mass is 16.5. The van der Waals surface area contributed by atoms with E-state index < -0.39 is 0 Å². The molecule has 0 aromatic heterocycles. The van der Waals surface area contributed by atoms with Crippen LogP contribution in [0.15, 0.2) is 36.0 Å². The van der Waals surface area contributed by atoms with Crippen molar-refractivity contribution in [1.29, 1.82) is 0 Å². The van der Waals surface area contributed by atoms with Crippen LogP contribution < -0.4 is 0 Å². The summed E-state index contributed by atoms with van der Waals surface area (Å²) in [7, 11) is 0. The lowest BCUT2D eigenvalue weighted by atomic mass is 10.2. The smallest absolute Gasteiger partial charge is 0.334 e. The van der Waals surface area contributed by atoms with Crippen LogP contribution in [0.2, 0.25) is 0 Å². The van der Waals surface area contributed by atoms with Gasteiger partial charge in [0.15, 0.2) is 0 Å². The topological polar surface area (TPSA) is 26.3 Å². The van der Waals surface area contributed by atoms with Gasteiger partial charge in [0.1, 0.15) is 0 Å². The second-order valence-electron chi connectivity index (χ2n) is 2.85. The molecule has 0 amide bonds. The highest BCUT2D eigenvalue weighted by Crippen LogP contribution is 2.08. The van der Waals surface area contributed by atoms with Gasteiger partial charge in [0.25, 0.3) is 0 Å². The summed E-state index contributed by atoms with van der Waals surface area (Å²) in [6.07, 6.45) is 11.0. The van der Waals surface area contributed by atoms with Gasteiger partial charge < -0.3 is 4.74 Å². The van der Waals surface area contributed by atoms with Crippen LogP contribution in [-0.2, 0) is 9.53 Å². The minimum absolute atomic E-state index is 0.196. The zero-order valence-corrected chi connectivity index (χ0v) is 7.82. The first-order chi connectivity index (χ1) is 6.34. The fourth-order valence-corrected chi connectivity index (χ4v) is 1.02. The van der Waals surface area contributed by atoms with Gasteiger partial charge in [0.2, 0.25) is 0 Å². The van der Waals surface area contributed by atoms with Gasteiger partial charge in [-0.25, -0.2) is 4.79 Å². The number of ether oxygens (including phenoxy) is 1. The van der Waals surface area contributed by atoms with Crippen LogP contribution in [0, 0.1) is 0 Å². The Hall–Kier alpha value is -1.31. The third kappa shape index (κ3) is 3.28. The number of esters is 1. The molecular weight excluding hydrogens is 164 g/mol. The molecule has 1 rings (SSSR count). The lowest BCUT2D eigenvalue weighted by Gasteiger charge is -2.03. The maximum absolute atomic E-state index is 11.4.